The molecule has 108 valence electrons. The second-order valence-electron chi connectivity index (χ2n) is 3.84. The summed E-state index contributed by atoms with van der Waals surface area (Å²) in [7, 11) is 0. The lowest BCUT2D eigenvalue weighted by atomic mass is 10.4. The van der Waals surface area contributed by atoms with Crippen molar-refractivity contribution in [1.82, 2.24) is 10.6 Å². The number of halogens is 2. The molecule has 3 nitrogen and oxygen atoms in total. The zero-order valence-corrected chi connectivity index (χ0v) is 13.3. The van der Waals surface area contributed by atoms with Gasteiger partial charge in [0, 0.05) is 23.0 Å². The first kappa shape index (κ1) is 18.6. The summed E-state index contributed by atoms with van der Waals surface area (Å²) in [5.41, 5.74) is 0. The van der Waals surface area contributed by atoms with Gasteiger partial charge >= 0.3 is 0 Å². The van der Waals surface area contributed by atoms with Crippen molar-refractivity contribution in [2.24, 2.45) is 0 Å². The van der Waals surface area contributed by atoms with Crippen molar-refractivity contribution in [1.29, 1.82) is 0 Å². The van der Waals surface area contributed by atoms with E-state index in [0.29, 0.717) is 17.3 Å². The van der Waals surface area contributed by atoms with E-state index in [2.05, 4.69) is 17.6 Å². The number of nitrogens with one attached hydrogen (secondary N) is 2. The Balaban J connectivity index is 0.00000324. The SMILES string of the molecule is CCCNCCNC(=O)CSc1ccc(Cl)cc1.Cl. The lowest BCUT2D eigenvalue weighted by molar-refractivity contribution is -0.118. The molecule has 0 aromatic heterocycles. The van der Waals surface area contributed by atoms with Crippen molar-refractivity contribution in [3.8, 4) is 0 Å². The number of rotatable bonds is 8. The number of hydrogen-bond acceptors (Lipinski definition) is 3. The van der Waals surface area contributed by atoms with Gasteiger partial charge in [0.25, 0.3) is 0 Å². The molecule has 0 heterocycles. The van der Waals surface area contributed by atoms with Gasteiger partial charge in [-0.3, -0.25) is 4.79 Å². The van der Waals surface area contributed by atoms with Gasteiger partial charge in [-0.25, -0.2) is 0 Å². The maximum atomic E-state index is 11.5. The molecule has 0 fully saturated rings. The van der Waals surface area contributed by atoms with Gasteiger partial charge in [0.2, 0.25) is 5.91 Å². The number of hydrogen-bond donors (Lipinski definition) is 2. The molecule has 0 atom stereocenters. The van der Waals surface area contributed by atoms with Gasteiger partial charge in [-0.1, -0.05) is 18.5 Å². The van der Waals surface area contributed by atoms with E-state index in [-0.39, 0.29) is 18.3 Å². The fourth-order valence-corrected chi connectivity index (χ4v) is 2.18. The van der Waals surface area contributed by atoms with Crippen molar-refractivity contribution < 1.29 is 4.79 Å². The van der Waals surface area contributed by atoms with Gasteiger partial charge in [0.05, 0.1) is 5.75 Å². The first-order valence-electron chi connectivity index (χ1n) is 6.08. The van der Waals surface area contributed by atoms with Gasteiger partial charge in [-0.15, -0.1) is 24.2 Å². The molecule has 2 N–H and O–H groups in total. The summed E-state index contributed by atoms with van der Waals surface area (Å²) in [6, 6.07) is 7.50. The Kier molecular flexibility index (Phi) is 11.2. The Morgan fingerprint density at radius 2 is 1.89 bits per heavy atom. The van der Waals surface area contributed by atoms with Crippen LogP contribution in [0.15, 0.2) is 29.2 Å². The van der Waals surface area contributed by atoms with E-state index in [1.54, 1.807) is 0 Å². The Bertz CT molecular complexity index is 360. The van der Waals surface area contributed by atoms with E-state index in [0.717, 1.165) is 24.4 Å². The molecule has 1 aromatic carbocycles. The standard InChI is InChI=1S/C13H19ClN2OS.ClH/c1-2-7-15-8-9-16-13(17)10-18-12-5-3-11(14)4-6-12;/h3-6,15H,2,7-10H2,1H3,(H,16,17);1H. The Morgan fingerprint density at radius 1 is 1.21 bits per heavy atom. The van der Waals surface area contributed by atoms with Crippen LogP contribution in [0.3, 0.4) is 0 Å². The second-order valence-corrected chi connectivity index (χ2v) is 5.33. The molecule has 0 unspecified atom stereocenters. The normalized spacial score (nSPS) is 9.79. The fraction of sp³-hybridized carbons (Fsp3) is 0.462. The molecule has 0 aliphatic carbocycles. The molecule has 1 amide bonds. The molecule has 0 aliphatic rings. The minimum Gasteiger partial charge on any atom is -0.354 e. The molecule has 0 aliphatic heterocycles. The number of thioether (sulfide) groups is 1. The van der Waals surface area contributed by atoms with Gasteiger partial charge in [-0.05, 0) is 37.2 Å². The zero-order chi connectivity index (χ0) is 13.2. The number of amides is 1. The monoisotopic (exact) mass is 322 g/mol. The predicted octanol–water partition coefficient (Wildman–Crippen LogP) is 2.97. The van der Waals surface area contributed by atoms with Crippen LogP contribution in [0.5, 0.6) is 0 Å². The average Bonchev–Trinajstić information content (AvgIpc) is 2.38. The smallest absolute Gasteiger partial charge is 0.230 e. The first-order chi connectivity index (χ1) is 8.72. The molecule has 0 saturated carbocycles. The quantitative estimate of drug-likeness (QED) is 0.571. The highest BCUT2D eigenvalue weighted by molar-refractivity contribution is 8.00. The number of carbonyl (C=O) groups excluding carboxylic acids is 1. The van der Waals surface area contributed by atoms with Crippen molar-refractivity contribution >= 4 is 41.7 Å². The molecule has 0 bridgehead atoms. The molecule has 0 spiro atoms. The third-order valence-electron chi connectivity index (χ3n) is 2.23. The molecule has 6 heteroatoms. The first-order valence-corrected chi connectivity index (χ1v) is 7.44. The fourth-order valence-electron chi connectivity index (χ4n) is 1.32. The molecule has 0 radical (unpaired) electrons. The summed E-state index contributed by atoms with van der Waals surface area (Å²) in [5.74, 6) is 0.503. The molecule has 1 rings (SSSR count). The van der Waals surface area contributed by atoms with Crippen molar-refractivity contribution in [3.05, 3.63) is 29.3 Å². The zero-order valence-electron chi connectivity index (χ0n) is 10.9. The summed E-state index contributed by atoms with van der Waals surface area (Å²) < 4.78 is 0. The van der Waals surface area contributed by atoms with Crippen LogP contribution < -0.4 is 10.6 Å². The third kappa shape index (κ3) is 9.16. The summed E-state index contributed by atoms with van der Waals surface area (Å²) in [6.07, 6.45) is 1.11. The molecular weight excluding hydrogens is 303 g/mol. The van der Waals surface area contributed by atoms with Gasteiger partial charge in [0.15, 0.2) is 0 Å². The maximum absolute atomic E-state index is 11.5. The minimum atomic E-state index is 0. The van der Waals surface area contributed by atoms with E-state index in [1.807, 2.05) is 24.3 Å². The van der Waals surface area contributed by atoms with Gasteiger partial charge < -0.3 is 10.6 Å². The average molecular weight is 323 g/mol. The van der Waals surface area contributed by atoms with Crippen LogP contribution in [0.25, 0.3) is 0 Å². The summed E-state index contributed by atoms with van der Waals surface area (Å²) in [5, 5.41) is 6.82. The van der Waals surface area contributed by atoms with E-state index >= 15 is 0 Å². The van der Waals surface area contributed by atoms with Crippen LogP contribution in [-0.4, -0.2) is 31.3 Å². The van der Waals surface area contributed by atoms with Crippen molar-refractivity contribution in [2.45, 2.75) is 18.2 Å². The highest BCUT2D eigenvalue weighted by atomic mass is 35.5. The maximum Gasteiger partial charge on any atom is 0.230 e. The largest absolute Gasteiger partial charge is 0.354 e. The highest BCUT2D eigenvalue weighted by Crippen LogP contribution is 2.19. The number of carbonyl (C=O) groups is 1. The van der Waals surface area contributed by atoms with Gasteiger partial charge in [-0.2, -0.15) is 0 Å². The Labute approximate surface area is 130 Å². The summed E-state index contributed by atoms with van der Waals surface area (Å²) in [6.45, 7) is 4.62. The predicted molar refractivity (Wildman–Crippen MR) is 85.6 cm³/mol. The van der Waals surface area contributed by atoms with Crippen LogP contribution in [0.1, 0.15) is 13.3 Å². The molecule has 0 saturated heterocycles. The lowest BCUT2D eigenvalue weighted by Crippen LogP contribution is -2.33. The Hall–Kier alpha value is -0.420. The van der Waals surface area contributed by atoms with Crippen molar-refractivity contribution in [3.63, 3.8) is 0 Å². The lowest BCUT2D eigenvalue weighted by Gasteiger charge is -2.06. The van der Waals surface area contributed by atoms with E-state index in [1.165, 1.54) is 11.8 Å². The minimum absolute atomic E-state index is 0. The summed E-state index contributed by atoms with van der Waals surface area (Å²) in [4.78, 5) is 12.6. The molecule has 19 heavy (non-hydrogen) atoms. The van der Waals surface area contributed by atoms with Gasteiger partial charge in [0.1, 0.15) is 0 Å². The molecular formula is C13H20Cl2N2OS. The van der Waals surface area contributed by atoms with Crippen LogP contribution in [0.2, 0.25) is 5.02 Å². The van der Waals surface area contributed by atoms with Crippen LogP contribution in [0.4, 0.5) is 0 Å². The van der Waals surface area contributed by atoms with Crippen LogP contribution in [0, 0.1) is 0 Å². The number of benzene rings is 1. The Morgan fingerprint density at radius 3 is 2.53 bits per heavy atom. The van der Waals surface area contributed by atoms with E-state index in [9.17, 15) is 4.79 Å². The highest BCUT2D eigenvalue weighted by Gasteiger charge is 2.01. The van der Waals surface area contributed by atoms with E-state index in [4.69, 9.17) is 11.6 Å². The summed E-state index contributed by atoms with van der Waals surface area (Å²) >= 11 is 7.30. The van der Waals surface area contributed by atoms with Crippen LogP contribution >= 0.6 is 35.8 Å². The second kappa shape index (κ2) is 11.4. The van der Waals surface area contributed by atoms with Crippen LogP contribution in [-0.2, 0) is 4.79 Å². The topological polar surface area (TPSA) is 41.1 Å². The molecule has 1 aromatic rings. The van der Waals surface area contributed by atoms with Crippen molar-refractivity contribution in [2.75, 3.05) is 25.4 Å². The van der Waals surface area contributed by atoms with E-state index < -0.39 is 0 Å². The third-order valence-corrected chi connectivity index (χ3v) is 3.50.